The van der Waals surface area contributed by atoms with E-state index in [1.54, 1.807) is 17.1 Å². The topological polar surface area (TPSA) is 64.9 Å². The van der Waals surface area contributed by atoms with Gasteiger partial charge in [-0.1, -0.05) is 18.2 Å². The van der Waals surface area contributed by atoms with E-state index >= 15 is 0 Å². The molecule has 0 aliphatic heterocycles. The lowest BCUT2D eigenvalue weighted by Crippen LogP contribution is -2.23. The molecule has 0 aliphatic carbocycles. The minimum atomic E-state index is 0.00606. The van der Waals surface area contributed by atoms with E-state index in [2.05, 4.69) is 20.4 Å². The third-order valence-corrected chi connectivity index (χ3v) is 3.50. The number of nitrogens with zero attached hydrogens (tertiary/aromatic N) is 4. The summed E-state index contributed by atoms with van der Waals surface area (Å²) >= 11 is 0. The van der Waals surface area contributed by atoms with Gasteiger partial charge in [0.1, 0.15) is 17.7 Å². The molecule has 2 heterocycles. The van der Waals surface area contributed by atoms with Crippen molar-refractivity contribution in [1.29, 1.82) is 0 Å². The summed E-state index contributed by atoms with van der Waals surface area (Å²) in [5.74, 6) is 2.25. The lowest BCUT2D eigenvalue weighted by molar-refractivity contribution is 0.234. The van der Waals surface area contributed by atoms with Gasteiger partial charge in [0.05, 0.1) is 24.6 Å². The van der Waals surface area contributed by atoms with Gasteiger partial charge in [0.25, 0.3) is 0 Å². The number of aromatic nitrogens is 4. The molecule has 24 heavy (non-hydrogen) atoms. The minimum absolute atomic E-state index is 0.00606. The average molecular weight is 323 g/mol. The second-order valence-corrected chi connectivity index (χ2v) is 5.72. The Bertz CT molecular complexity index is 800. The van der Waals surface area contributed by atoms with Crippen LogP contribution >= 0.6 is 0 Å². The molecule has 6 heteroatoms. The highest BCUT2D eigenvalue weighted by molar-refractivity contribution is 5.36. The highest BCUT2D eigenvalue weighted by Crippen LogP contribution is 2.13. The van der Waals surface area contributed by atoms with Crippen LogP contribution in [0.15, 0.2) is 48.8 Å². The van der Waals surface area contributed by atoms with Gasteiger partial charge in [0, 0.05) is 5.69 Å². The predicted octanol–water partition coefficient (Wildman–Crippen LogP) is 3.16. The average Bonchev–Trinajstić information content (AvgIpc) is 2.93. The first-order chi connectivity index (χ1) is 11.6. The van der Waals surface area contributed by atoms with Crippen molar-refractivity contribution in [3.63, 3.8) is 0 Å². The van der Waals surface area contributed by atoms with Crippen molar-refractivity contribution in [3.8, 4) is 11.6 Å². The van der Waals surface area contributed by atoms with Crippen LogP contribution in [-0.2, 0) is 0 Å². The smallest absolute Gasteiger partial charge is 0.174 e. The van der Waals surface area contributed by atoms with Crippen molar-refractivity contribution < 1.29 is 4.74 Å². The maximum Gasteiger partial charge on any atom is 0.174 e. The van der Waals surface area contributed by atoms with E-state index in [1.165, 1.54) is 0 Å². The lowest BCUT2D eigenvalue weighted by Gasteiger charge is -2.16. The number of hydrogen-bond donors (Lipinski definition) is 1. The number of nitrogens with one attached hydrogen (secondary N) is 1. The zero-order valence-electron chi connectivity index (χ0n) is 14.1. The molecule has 3 rings (SSSR count). The van der Waals surface area contributed by atoms with Crippen molar-refractivity contribution in [3.05, 3.63) is 60.2 Å². The van der Waals surface area contributed by atoms with Crippen molar-refractivity contribution in [2.75, 3.05) is 11.9 Å². The Kier molecular flexibility index (Phi) is 4.74. The maximum atomic E-state index is 5.85. The van der Waals surface area contributed by atoms with Crippen LogP contribution in [0.3, 0.4) is 0 Å². The van der Waals surface area contributed by atoms with E-state index < -0.39 is 0 Å². The molecule has 3 aromatic rings. The first-order valence-electron chi connectivity index (χ1n) is 7.93. The minimum Gasteiger partial charge on any atom is -0.489 e. The standard InChI is InChI=1S/C18H21N5O/c1-13-9-14(2)23(22-13)18-12-19-11-17(21-18)20-10-15(3)24-16-7-5-4-6-8-16/h4-9,11-12,15H,10H2,1-3H3,(H,20,21). The third kappa shape index (κ3) is 3.90. The number of rotatable bonds is 6. The molecule has 0 radical (unpaired) electrons. The molecular formula is C18H21N5O. The van der Waals surface area contributed by atoms with Gasteiger partial charge in [-0.05, 0) is 39.0 Å². The van der Waals surface area contributed by atoms with Crippen LogP contribution in [0.25, 0.3) is 5.82 Å². The normalized spacial score (nSPS) is 12.0. The number of para-hydroxylation sites is 1. The maximum absolute atomic E-state index is 5.85. The van der Waals surface area contributed by atoms with E-state index in [0.29, 0.717) is 18.2 Å². The van der Waals surface area contributed by atoms with Crippen LogP contribution in [0.4, 0.5) is 5.82 Å². The fourth-order valence-corrected chi connectivity index (χ4v) is 2.43. The molecule has 124 valence electrons. The Morgan fingerprint density at radius 3 is 2.67 bits per heavy atom. The zero-order chi connectivity index (χ0) is 16.9. The number of hydrogen-bond acceptors (Lipinski definition) is 5. The summed E-state index contributed by atoms with van der Waals surface area (Å²) in [6, 6.07) is 11.8. The summed E-state index contributed by atoms with van der Waals surface area (Å²) in [5.41, 5.74) is 1.98. The second-order valence-electron chi connectivity index (χ2n) is 5.72. The monoisotopic (exact) mass is 323 g/mol. The van der Waals surface area contributed by atoms with Crippen LogP contribution in [0.5, 0.6) is 5.75 Å². The molecular weight excluding hydrogens is 302 g/mol. The van der Waals surface area contributed by atoms with Gasteiger partial charge in [0.2, 0.25) is 0 Å². The zero-order valence-corrected chi connectivity index (χ0v) is 14.1. The van der Waals surface area contributed by atoms with E-state index in [1.807, 2.05) is 57.2 Å². The molecule has 0 bridgehead atoms. The van der Waals surface area contributed by atoms with E-state index in [0.717, 1.165) is 17.1 Å². The number of ether oxygens (including phenoxy) is 1. The van der Waals surface area contributed by atoms with Gasteiger partial charge in [-0.25, -0.2) is 9.67 Å². The van der Waals surface area contributed by atoms with Crippen LogP contribution in [0, 0.1) is 13.8 Å². The SMILES string of the molecule is Cc1cc(C)n(-c2cncc(NCC(C)Oc3ccccc3)n2)n1. The summed E-state index contributed by atoms with van der Waals surface area (Å²) in [7, 11) is 0. The van der Waals surface area contributed by atoms with Gasteiger partial charge < -0.3 is 10.1 Å². The largest absolute Gasteiger partial charge is 0.489 e. The van der Waals surface area contributed by atoms with E-state index in [-0.39, 0.29) is 6.10 Å². The molecule has 0 fully saturated rings. The lowest BCUT2D eigenvalue weighted by atomic mass is 10.3. The van der Waals surface area contributed by atoms with Gasteiger partial charge in [-0.3, -0.25) is 4.98 Å². The van der Waals surface area contributed by atoms with Crippen LogP contribution in [-0.4, -0.2) is 32.4 Å². The quantitative estimate of drug-likeness (QED) is 0.755. The number of aryl methyl sites for hydroxylation is 2. The molecule has 0 aliphatic rings. The molecule has 0 saturated heterocycles. The Labute approximate surface area is 141 Å². The van der Waals surface area contributed by atoms with Gasteiger partial charge in [0.15, 0.2) is 5.82 Å². The fraction of sp³-hybridized carbons (Fsp3) is 0.278. The molecule has 1 N–H and O–H groups in total. The van der Waals surface area contributed by atoms with Crippen LogP contribution in [0.1, 0.15) is 18.3 Å². The van der Waals surface area contributed by atoms with Crippen molar-refractivity contribution in [2.24, 2.45) is 0 Å². The molecule has 0 spiro atoms. The second kappa shape index (κ2) is 7.12. The molecule has 1 atom stereocenters. The molecule has 6 nitrogen and oxygen atoms in total. The molecule has 0 saturated carbocycles. The summed E-state index contributed by atoms with van der Waals surface area (Å²) in [6.07, 6.45) is 3.41. The highest BCUT2D eigenvalue weighted by atomic mass is 16.5. The Balaban J connectivity index is 1.63. The molecule has 0 amide bonds. The first-order valence-corrected chi connectivity index (χ1v) is 7.93. The molecule has 1 aromatic carbocycles. The Hall–Kier alpha value is -2.89. The van der Waals surface area contributed by atoms with Crippen LogP contribution < -0.4 is 10.1 Å². The Morgan fingerprint density at radius 1 is 1.17 bits per heavy atom. The van der Waals surface area contributed by atoms with Gasteiger partial charge >= 0.3 is 0 Å². The predicted molar refractivity (Wildman–Crippen MR) is 93.6 cm³/mol. The number of benzene rings is 1. The third-order valence-electron chi connectivity index (χ3n) is 3.50. The van der Waals surface area contributed by atoms with Gasteiger partial charge in [-0.15, -0.1) is 0 Å². The van der Waals surface area contributed by atoms with E-state index in [4.69, 9.17) is 4.74 Å². The van der Waals surface area contributed by atoms with Crippen molar-refractivity contribution >= 4 is 5.82 Å². The summed E-state index contributed by atoms with van der Waals surface area (Å²) < 4.78 is 7.63. The van der Waals surface area contributed by atoms with Crippen molar-refractivity contribution in [2.45, 2.75) is 26.9 Å². The summed E-state index contributed by atoms with van der Waals surface area (Å²) in [6.45, 7) is 6.60. The van der Waals surface area contributed by atoms with Gasteiger partial charge in [-0.2, -0.15) is 5.10 Å². The number of anilines is 1. The highest BCUT2D eigenvalue weighted by Gasteiger charge is 2.08. The Morgan fingerprint density at radius 2 is 1.96 bits per heavy atom. The molecule has 1 unspecified atom stereocenters. The van der Waals surface area contributed by atoms with Crippen molar-refractivity contribution in [1.82, 2.24) is 19.7 Å². The first kappa shape index (κ1) is 16.0. The fourth-order valence-electron chi connectivity index (χ4n) is 2.43. The van der Waals surface area contributed by atoms with Crippen LogP contribution in [0.2, 0.25) is 0 Å². The summed E-state index contributed by atoms with van der Waals surface area (Å²) in [4.78, 5) is 8.81. The molecule has 2 aromatic heterocycles. The van der Waals surface area contributed by atoms with E-state index in [9.17, 15) is 0 Å². The summed E-state index contributed by atoms with van der Waals surface area (Å²) in [5, 5.41) is 7.70.